The Bertz CT molecular complexity index is 746. The number of pyridine rings is 1. The van der Waals surface area contributed by atoms with E-state index in [2.05, 4.69) is 15.0 Å². The van der Waals surface area contributed by atoms with Gasteiger partial charge in [-0.25, -0.2) is 4.98 Å². The molecule has 0 N–H and O–H groups in total. The number of aryl methyl sites for hydroxylation is 1. The van der Waals surface area contributed by atoms with Crippen molar-refractivity contribution in [2.24, 2.45) is 0 Å². The SMILES string of the molecule is Cc1ccc(Oc2ccc3nccnc3n2)c(Cl)c1. The van der Waals surface area contributed by atoms with Gasteiger partial charge >= 0.3 is 0 Å². The van der Waals surface area contributed by atoms with Gasteiger partial charge in [-0.3, -0.25) is 4.98 Å². The van der Waals surface area contributed by atoms with E-state index in [0.29, 0.717) is 22.3 Å². The maximum atomic E-state index is 6.12. The number of hydrogen-bond acceptors (Lipinski definition) is 4. The van der Waals surface area contributed by atoms with Crippen LogP contribution in [0.1, 0.15) is 5.56 Å². The fourth-order valence-corrected chi connectivity index (χ4v) is 1.97. The summed E-state index contributed by atoms with van der Waals surface area (Å²) in [6, 6.07) is 9.15. The predicted octanol–water partition coefficient (Wildman–Crippen LogP) is 3.78. The minimum absolute atomic E-state index is 0.443. The molecule has 0 saturated heterocycles. The lowest BCUT2D eigenvalue weighted by Gasteiger charge is -2.07. The number of hydrogen-bond donors (Lipinski definition) is 0. The Kier molecular flexibility index (Phi) is 3.01. The Hall–Kier alpha value is -2.20. The first kappa shape index (κ1) is 11.9. The van der Waals surface area contributed by atoms with Crippen molar-refractivity contribution in [2.45, 2.75) is 6.92 Å². The van der Waals surface area contributed by atoms with Gasteiger partial charge < -0.3 is 4.74 Å². The van der Waals surface area contributed by atoms with E-state index in [4.69, 9.17) is 16.3 Å². The van der Waals surface area contributed by atoms with E-state index in [1.807, 2.05) is 31.2 Å². The summed E-state index contributed by atoms with van der Waals surface area (Å²) in [6.07, 6.45) is 3.22. The summed E-state index contributed by atoms with van der Waals surface area (Å²) in [5.41, 5.74) is 2.35. The van der Waals surface area contributed by atoms with Crippen LogP contribution in [-0.4, -0.2) is 15.0 Å². The lowest BCUT2D eigenvalue weighted by molar-refractivity contribution is 0.465. The molecule has 0 aliphatic rings. The molecule has 3 aromatic rings. The molecule has 94 valence electrons. The van der Waals surface area contributed by atoms with Crippen molar-refractivity contribution in [3.63, 3.8) is 0 Å². The monoisotopic (exact) mass is 271 g/mol. The van der Waals surface area contributed by atoms with Crippen LogP contribution in [-0.2, 0) is 0 Å². The highest BCUT2D eigenvalue weighted by Gasteiger charge is 2.06. The van der Waals surface area contributed by atoms with Crippen molar-refractivity contribution in [2.75, 3.05) is 0 Å². The number of benzene rings is 1. The van der Waals surface area contributed by atoms with Gasteiger partial charge in [-0.15, -0.1) is 0 Å². The Balaban J connectivity index is 1.96. The van der Waals surface area contributed by atoms with Gasteiger partial charge in [0.15, 0.2) is 5.65 Å². The molecule has 0 amide bonds. The van der Waals surface area contributed by atoms with Crippen LogP contribution in [0.3, 0.4) is 0 Å². The van der Waals surface area contributed by atoms with Crippen LogP contribution in [0.2, 0.25) is 5.02 Å². The fraction of sp³-hybridized carbons (Fsp3) is 0.0714. The third-order valence-corrected chi connectivity index (χ3v) is 2.90. The summed E-state index contributed by atoms with van der Waals surface area (Å²) in [7, 11) is 0. The maximum Gasteiger partial charge on any atom is 0.221 e. The van der Waals surface area contributed by atoms with Gasteiger partial charge in [-0.1, -0.05) is 17.7 Å². The number of aromatic nitrogens is 3. The molecule has 3 rings (SSSR count). The van der Waals surface area contributed by atoms with Gasteiger partial charge in [0.1, 0.15) is 11.3 Å². The van der Waals surface area contributed by atoms with Gasteiger partial charge in [0.2, 0.25) is 5.88 Å². The molecular weight excluding hydrogens is 262 g/mol. The summed E-state index contributed by atoms with van der Waals surface area (Å²) >= 11 is 6.12. The topological polar surface area (TPSA) is 47.9 Å². The van der Waals surface area contributed by atoms with E-state index in [0.717, 1.165) is 11.1 Å². The largest absolute Gasteiger partial charge is 0.437 e. The zero-order chi connectivity index (χ0) is 13.2. The smallest absolute Gasteiger partial charge is 0.221 e. The third-order valence-electron chi connectivity index (χ3n) is 2.61. The number of ether oxygens (including phenoxy) is 1. The molecule has 2 aromatic heterocycles. The zero-order valence-corrected chi connectivity index (χ0v) is 10.9. The lowest BCUT2D eigenvalue weighted by atomic mass is 10.2. The molecule has 0 spiro atoms. The zero-order valence-electron chi connectivity index (χ0n) is 10.2. The second kappa shape index (κ2) is 4.82. The van der Waals surface area contributed by atoms with Crippen LogP contribution in [0.4, 0.5) is 0 Å². The van der Waals surface area contributed by atoms with Crippen LogP contribution in [0.25, 0.3) is 11.2 Å². The minimum Gasteiger partial charge on any atom is -0.437 e. The molecule has 2 heterocycles. The summed E-state index contributed by atoms with van der Waals surface area (Å²) in [4.78, 5) is 12.6. The van der Waals surface area contributed by atoms with Crippen molar-refractivity contribution >= 4 is 22.8 Å². The van der Waals surface area contributed by atoms with E-state index < -0.39 is 0 Å². The minimum atomic E-state index is 0.443. The summed E-state index contributed by atoms with van der Waals surface area (Å²) in [5, 5.41) is 0.557. The van der Waals surface area contributed by atoms with Crippen LogP contribution >= 0.6 is 11.6 Å². The summed E-state index contributed by atoms with van der Waals surface area (Å²) < 4.78 is 5.66. The van der Waals surface area contributed by atoms with Crippen molar-refractivity contribution in [3.8, 4) is 11.6 Å². The summed E-state index contributed by atoms with van der Waals surface area (Å²) in [5.74, 6) is 1.02. The highest BCUT2D eigenvalue weighted by molar-refractivity contribution is 6.32. The first-order chi connectivity index (χ1) is 9.22. The molecular formula is C14H10ClN3O. The first-order valence-corrected chi connectivity index (χ1v) is 6.12. The van der Waals surface area contributed by atoms with E-state index in [9.17, 15) is 0 Å². The quantitative estimate of drug-likeness (QED) is 0.712. The molecule has 0 radical (unpaired) electrons. The molecule has 1 aromatic carbocycles. The number of halogens is 1. The molecule has 0 aliphatic heterocycles. The first-order valence-electron chi connectivity index (χ1n) is 5.74. The maximum absolute atomic E-state index is 6.12. The molecule has 0 saturated carbocycles. The molecule has 0 atom stereocenters. The fourth-order valence-electron chi connectivity index (χ4n) is 1.70. The highest BCUT2D eigenvalue weighted by atomic mass is 35.5. The van der Waals surface area contributed by atoms with Gasteiger partial charge in [-0.05, 0) is 30.7 Å². The second-order valence-corrected chi connectivity index (χ2v) is 4.49. The molecule has 0 aliphatic carbocycles. The van der Waals surface area contributed by atoms with Gasteiger partial charge in [-0.2, -0.15) is 4.98 Å². The lowest BCUT2D eigenvalue weighted by Crippen LogP contribution is -1.92. The Morgan fingerprint density at radius 1 is 1.05 bits per heavy atom. The molecule has 19 heavy (non-hydrogen) atoms. The van der Waals surface area contributed by atoms with Crippen LogP contribution in [0, 0.1) is 6.92 Å². The van der Waals surface area contributed by atoms with E-state index in [1.165, 1.54) is 0 Å². The average molecular weight is 272 g/mol. The summed E-state index contributed by atoms with van der Waals surface area (Å²) in [6.45, 7) is 1.97. The van der Waals surface area contributed by atoms with Gasteiger partial charge in [0.05, 0.1) is 5.02 Å². The van der Waals surface area contributed by atoms with Crippen LogP contribution < -0.4 is 4.74 Å². The molecule has 4 nitrogen and oxygen atoms in total. The third kappa shape index (κ3) is 2.48. The average Bonchev–Trinajstić information content (AvgIpc) is 2.42. The van der Waals surface area contributed by atoms with Crippen molar-refractivity contribution in [1.82, 2.24) is 15.0 Å². The molecule has 0 bridgehead atoms. The van der Waals surface area contributed by atoms with Crippen molar-refractivity contribution in [3.05, 3.63) is 53.3 Å². The van der Waals surface area contributed by atoms with Crippen molar-refractivity contribution < 1.29 is 4.74 Å². The van der Waals surface area contributed by atoms with E-state index in [1.54, 1.807) is 18.5 Å². The Morgan fingerprint density at radius 3 is 2.74 bits per heavy atom. The standard InChI is InChI=1S/C14H10ClN3O/c1-9-2-4-12(10(15)8-9)19-13-5-3-11-14(18-13)17-7-6-16-11/h2-8H,1H3. The Morgan fingerprint density at radius 2 is 1.89 bits per heavy atom. The predicted molar refractivity (Wildman–Crippen MR) is 73.6 cm³/mol. The van der Waals surface area contributed by atoms with Gasteiger partial charge in [0, 0.05) is 18.5 Å². The van der Waals surface area contributed by atoms with Crippen LogP contribution in [0.5, 0.6) is 11.6 Å². The molecule has 5 heteroatoms. The normalized spacial score (nSPS) is 10.6. The van der Waals surface area contributed by atoms with Crippen molar-refractivity contribution in [1.29, 1.82) is 0 Å². The molecule has 0 fully saturated rings. The highest BCUT2D eigenvalue weighted by Crippen LogP contribution is 2.29. The second-order valence-electron chi connectivity index (χ2n) is 4.08. The number of rotatable bonds is 2. The number of nitrogens with zero attached hydrogens (tertiary/aromatic N) is 3. The van der Waals surface area contributed by atoms with Crippen LogP contribution in [0.15, 0.2) is 42.7 Å². The molecule has 0 unspecified atom stereocenters. The van der Waals surface area contributed by atoms with E-state index in [-0.39, 0.29) is 0 Å². The van der Waals surface area contributed by atoms with Gasteiger partial charge in [0.25, 0.3) is 0 Å². The Labute approximate surface area is 115 Å². The number of fused-ring (bicyclic) bond motifs is 1. The van der Waals surface area contributed by atoms with E-state index >= 15 is 0 Å².